The highest BCUT2D eigenvalue weighted by atomic mass is 127. The molecule has 0 N–H and O–H groups in total. The molecule has 0 unspecified atom stereocenters. The molecule has 0 bridgehead atoms. The smallest absolute Gasteiger partial charge is 0.420 e. The van der Waals surface area contributed by atoms with Gasteiger partial charge in [-0.1, -0.05) is 0 Å². The molecular weight excluding hydrogens is 413 g/mol. The fourth-order valence-electron chi connectivity index (χ4n) is 1.38. The molecule has 18 heavy (non-hydrogen) atoms. The highest BCUT2D eigenvalue weighted by Crippen LogP contribution is 2.22. The van der Waals surface area contributed by atoms with Crippen molar-refractivity contribution in [1.29, 1.82) is 0 Å². The van der Waals surface area contributed by atoms with Crippen LogP contribution in [0.4, 0.5) is 4.79 Å². The third-order valence-corrected chi connectivity index (χ3v) is 3.18. The largest absolute Gasteiger partial charge is 0.443 e. The van der Waals surface area contributed by atoms with Crippen molar-refractivity contribution in [3.8, 4) is 0 Å². The minimum Gasteiger partial charge on any atom is -0.443 e. The van der Waals surface area contributed by atoms with Crippen LogP contribution in [0.5, 0.6) is 0 Å². The second-order valence-electron chi connectivity index (χ2n) is 4.69. The summed E-state index contributed by atoms with van der Waals surface area (Å²) in [6, 6.07) is 0. The Balaban J connectivity index is 2.49. The average molecular weight is 424 g/mol. The van der Waals surface area contributed by atoms with Crippen LogP contribution in [0, 0.1) is 3.57 Å². The molecule has 0 amide bonds. The van der Waals surface area contributed by atoms with Gasteiger partial charge in [0, 0.05) is 6.20 Å². The van der Waals surface area contributed by atoms with Crippen molar-refractivity contribution >= 4 is 55.8 Å². The molecule has 0 saturated heterocycles. The van der Waals surface area contributed by atoms with E-state index in [-0.39, 0.29) is 0 Å². The second kappa shape index (κ2) is 4.76. The van der Waals surface area contributed by atoms with E-state index in [9.17, 15) is 4.79 Å². The number of nitrogens with zero attached hydrogens (tertiary/aromatic N) is 3. The van der Waals surface area contributed by atoms with E-state index < -0.39 is 11.7 Å². The van der Waals surface area contributed by atoms with Gasteiger partial charge in [0.25, 0.3) is 0 Å². The Labute approximate surface area is 126 Å². The Morgan fingerprint density at radius 2 is 2.17 bits per heavy atom. The summed E-state index contributed by atoms with van der Waals surface area (Å²) in [6.45, 7) is 5.47. The number of carbonyl (C=O) groups is 1. The summed E-state index contributed by atoms with van der Waals surface area (Å²) in [5.74, 6) is 0. The SMILES string of the molecule is CC(C)(C)OC(=O)n1cc(I)c2nc(Br)cnc21. The molecule has 96 valence electrons. The quantitative estimate of drug-likeness (QED) is 0.607. The number of hydrogen-bond acceptors (Lipinski definition) is 4. The van der Waals surface area contributed by atoms with Crippen molar-refractivity contribution in [3.05, 3.63) is 20.6 Å². The van der Waals surface area contributed by atoms with Gasteiger partial charge in [-0.2, -0.15) is 0 Å². The molecule has 0 aliphatic carbocycles. The maximum atomic E-state index is 12.0. The Morgan fingerprint density at radius 1 is 1.50 bits per heavy atom. The molecule has 0 fully saturated rings. The summed E-state index contributed by atoms with van der Waals surface area (Å²) >= 11 is 5.37. The lowest BCUT2D eigenvalue weighted by molar-refractivity contribution is 0.0543. The lowest BCUT2D eigenvalue weighted by atomic mass is 10.2. The molecule has 0 atom stereocenters. The van der Waals surface area contributed by atoms with Gasteiger partial charge in [-0.3, -0.25) is 0 Å². The number of carbonyl (C=O) groups excluding carboxylic acids is 1. The van der Waals surface area contributed by atoms with Gasteiger partial charge in [-0.25, -0.2) is 19.3 Å². The van der Waals surface area contributed by atoms with Crippen LogP contribution in [-0.2, 0) is 4.74 Å². The molecule has 0 aromatic carbocycles. The molecule has 2 aromatic heterocycles. The monoisotopic (exact) mass is 423 g/mol. The minimum atomic E-state index is -0.540. The highest BCUT2D eigenvalue weighted by molar-refractivity contribution is 14.1. The number of hydrogen-bond donors (Lipinski definition) is 0. The Bertz CT molecular complexity index is 619. The summed E-state index contributed by atoms with van der Waals surface area (Å²) in [4.78, 5) is 20.5. The van der Waals surface area contributed by atoms with E-state index in [2.05, 4.69) is 48.5 Å². The van der Waals surface area contributed by atoms with E-state index in [1.165, 1.54) is 4.57 Å². The van der Waals surface area contributed by atoms with Gasteiger partial charge in [0.15, 0.2) is 5.65 Å². The van der Waals surface area contributed by atoms with E-state index in [0.29, 0.717) is 15.8 Å². The first-order chi connectivity index (χ1) is 8.28. The van der Waals surface area contributed by atoms with Crippen molar-refractivity contribution < 1.29 is 9.53 Å². The minimum absolute atomic E-state index is 0.452. The molecule has 2 aromatic rings. The van der Waals surface area contributed by atoms with Crippen LogP contribution in [0.15, 0.2) is 17.0 Å². The standard InChI is InChI=1S/C11H11BrIN3O2/c1-11(2,3)18-10(17)16-5-6(13)8-9(16)14-4-7(12)15-8/h4-5H,1-3H3. The van der Waals surface area contributed by atoms with Gasteiger partial charge in [0.1, 0.15) is 15.7 Å². The van der Waals surface area contributed by atoms with E-state index in [1.807, 2.05) is 20.8 Å². The van der Waals surface area contributed by atoms with E-state index in [1.54, 1.807) is 12.4 Å². The van der Waals surface area contributed by atoms with Gasteiger partial charge < -0.3 is 4.74 Å². The molecule has 0 aliphatic rings. The van der Waals surface area contributed by atoms with Gasteiger partial charge in [0.2, 0.25) is 0 Å². The highest BCUT2D eigenvalue weighted by Gasteiger charge is 2.21. The predicted octanol–water partition coefficient (Wildman–Crippen LogP) is 3.58. The average Bonchev–Trinajstić information content (AvgIpc) is 2.54. The fourth-order valence-corrected chi connectivity index (χ4v) is 2.30. The summed E-state index contributed by atoms with van der Waals surface area (Å²) in [6.07, 6.45) is 2.78. The van der Waals surface area contributed by atoms with Crippen molar-refractivity contribution in [3.63, 3.8) is 0 Å². The Kier molecular flexibility index (Phi) is 3.63. The number of aromatic nitrogens is 3. The maximum absolute atomic E-state index is 12.0. The lowest BCUT2D eigenvalue weighted by Crippen LogP contribution is -2.26. The van der Waals surface area contributed by atoms with Gasteiger partial charge >= 0.3 is 6.09 Å². The van der Waals surface area contributed by atoms with E-state index >= 15 is 0 Å². The van der Waals surface area contributed by atoms with Gasteiger partial charge in [-0.15, -0.1) is 0 Å². The Morgan fingerprint density at radius 3 is 2.78 bits per heavy atom. The Hall–Kier alpha value is -0.700. The van der Waals surface area contributed by atoms with Crippen molar-refractivity contribution in [2.24, 2.45) is 0 Å². The van der Waals surface area contributed by atoms with Crippen LogP contribution in [0.2, 0.25) is 0 Å². The summed E-state index contributed by atoms with van der Waals surface area (Å²) < 4.78 is 8.18. The topological polar surface area (TPSA) is 57.0 Å². The summed E-state index contributed by atoms with van der Waals surface area (Å²) in [5.41, 5.74) is 0.634. The van der Waals surface area contributed by atoms with Crippen LogP contribution >= 0.6 is 38.5 Å². The van der Waals surface area contributed by atoms with E-state index in [0.717, 1.165) is 3.57 Å². The molecule has 0 radical (unpaired) electrons. The third kappa shape index (κ3) is 2.82. The van der Waals surface area contributed by atoms with Crippen LogP contribution in [0.25, 0.3) is 11.2 Å². The maximum Gasteiger partial charge on any atom is 0.420 e. The molecule has 7 heteroatoms. The molecule has 2 rings (SSSR count). The zero-order valence-corrected chi connectivity index (χ0v) is 13.8. The molecule has 0 saturated carbocycles. The number of rotatable bonds is 0. The number of halogens is 2. The second-order valence-corrected chi connectivity index (χ2v) is 6.67. The van der Waals surface area contributed by atoms with Crippen LogP contribution in [0.3, 0.4) is 0 Å². The van der Waals surface area contributed by atoms with E-state index in [4.69, 9.17) is 4.74 Å². The van der Waals surface area contributed by atoms with Crippen LogP contribution in [0.1, 0.15) is 20.8 Å². The predicted molar refractivity (Wildman–Crippen MR) is 79.6 cm³/mol. The zero-order valence-electron chi connectivity index (χ0n) is 10.1. The molecule has 0 aliphatic heterocycles. The van der Waals surface area contributed by atoms with Gasteiger partial charge in [0.05, 0.1) is 9.77 Å². The first-order valence-electron chi connectivity index (χ1n) is 5.20. The number of ether oxygens (including phenoxy) is 1. The molecule has 2 heterocycles. The van der Waals surface area contributed by atoms with Crippen LogP contribution < -0.4 is 0 Å². The van der Waals surface area contributed by atoms with Crippen molar-refractivity contribution in [2.45, 2.75) is 26.4 Å². The molecular formula is C11H11BrIN3O2. The normalized spacial score (nSPS) is 11.8. The number of fused-ring (bicyclic) bond motifs is 1. The molecule has 0 spiro atoms. The summed E-state index contributed by atoms with van der Waals surface area (Å²) in [5, 5.41) is 0. The van der Waals surface area contributed by atoms with Crippen molar-refractivity contribution in [2.75, 3.05) is 0 Å². The van der Waals surface area contributed by atoms with Crippen LogP contribution in [-0.4, -0.2) is 26.2 Å². The van der Waals surface area contributed by atoms with Crippen molar-refractivity contribution in [1.82, 2.24) is 14.5 Å². The van der Waals surface area contributed by atoms with Gasteiger partial charge in [-0.05, 0) is 59.3 Å². The zero-order chi connectivity index (χ0) is 13.5. The fraction of sp³-hybridized carbons (Fsp3) is 0.364. The first kappa shape index (κ1) is 13.7. The lowest BCUT2D eigenvalue weighted by Gasteiger charge is -2.19. The first-order valence-corrected chi connectivity index (χ1v) is 7.07. The third-order valence-electron chi connectivity index (χ3n) is 2.01. The summed E-state index contributed by atoms with van der Waals surface area (Å²) in [7, 11) is 0. The molecule has 5 nitrogen and oxygen atoms in total.